The molecule has 4 heteroatoms. The van der Waals surface area contributed by atoms with Crippen molar-refractivity contribution in [1.82, 2.24) is 14.9 Å². The summed E-state index contributed by atoms with van der Waals surface area (Å²) in [5.41, 5.74) is 3.12. The molecule has 0 aliphatic heterocycles. The highest BCUT2D eigenvalue weighted by Crippen LogP contribution is 2.18. The summed E-state index contributed by atoms with van der Waals surface area (Å²) in [4.78, 5) is 9.82. The first-order valence-electron chi connectivity index (χ1n) is 7.37. The van der Waals surface area contributed by atoms with Crippen molar-refractivity contribution < 1.29 is 0 Å². The average Bonchev–Trinajstić information content (AvgIpc) is 2.96. The van der Waals surface area contributed by atoms with E-state index in [0.29, 0.717) is 0 Å². The number of nitrogens with zero attached hydrogens (tertiary/aromatic N) is 2. The maximum Gasteiger partial charge on any atom is 0.138 e. The Labute approximate surface area is 144 Å². The van der Waals surface area contributed by atoms with Gasteiger partial charge in [0.2, 0.25) is 0 Å². The summed E-state index contributed by atoms with van der Waals surface area (Å²) in [6.45, 7) is 1.08. The lowest BCUT2D eigenvalue weighted by atomic mass is 9.99. The molecule has 2 heterocycles. The minimum absolute atomic E-state index is 0.288. The third-order valence-corrected chi connectivity index (χ3v) is 4.21. The van der Waals surface area contributed by atoms with Crippen molar-refractivity contribution in [3.05, 3.63) is 54.0 Å². The summed E-state index contributed by atoms with van der Waals surface area (Å²) in [6.07, 6.45) is 9.43. The molecule has 0 radical (unpaired) electrons. The van der Waals surface area contributed by atoms with E-state index >= 15 is 0 Å². The molecule has 1 atom stereocenters. The summed E-state index contributed by atoms with van der Waals surface area (Å²) < 4.78 is 1.14. The molecule has 0 saturated carbocycles. The summed E-state index contributed by atoms with van der Waals surface area (Å²) >= 11 is 2.40. The third-order valence-electron chi connectivity index (χ3n) is 3.72. The van der Waals surface area contributed by atoms with Crippen LogP contribution in [0.3, 0.4) is 0 Å². The lowest BCUT2D eigenvalue weighted by molar-refractivity contribution is 0.456. The Morgan fingerprint density at radius 3 is 3.14 bits per heavy atom. The first-order valence-corrected chi connectivity index (χ1v) is 8.89. The fourth-order valence-corrected chi connectivity index (χ4v) is 3.17. The van der Waals surface area contributed by atoms with Crippen LogP contribution in [0.5, 0.6) is 0 Å². The van der Waals surface area contributed by atoms with Gasteiger partial charge in [0.1, 0.15) is 5.65 Å². The van der Waals surface area contributed by atoms with E-state index in [9.17, 15) is 0 Å². The smallest absolute Gasteiger partial charge is 0.138 e. The number of allylic oxidation sites excluding steroid dienone is 3. The van der Waals surface area contributed by atoms with E-state index in [-0.39, 0.29) is 5.92 Å². The predicted molar refractivity (Wildman–Crippen MR) is 99.8 cm³/mol. The van der Waals surface area contributed by atoms with Crippen molar-refractivity contribution >= 4 is 33.6 Å². The Bertz CT molecular complexity index is 743. The van der Waals surface area contributed by atoms with Gasteiger partial charge in [-0.15, -0.1) is 0 Å². The van der Waals surface area contributed by atoms with Gasteiger partial charge in [0.25, 0.3) is 0 Å². The van der Waals surface area contributed by atoms with Crippen LogP contribution in [0.15, 0.2) is 48.3 Å². The van der Waals surface area contributed by atoms with Crippen LogP contribution >= 0.6 is 22.6 Å². The van der Waals surface area contributed by atoms with Gasteiger partial charge in [0.05, 0.1) is 5.69 Å². The molecule has 3 nitrogen and oxygen atoms in total. The maximum atomic E-state index is 4.29. The Morgan fingerprint density at radius 1 is 1.50 bits per heavy atom. The normalized spacial score (nSPS) is 17.0. The average molecular weight is 403 g/mol. The first kappa shape index (κ1) is 15.2. The van der Waals surface area contributed by atoms with E-state index < -0.39 is 0 Å². The number of fused-ring (bicyclic) bond motifs is 1. The van der Waals surface area contributed by atoms with E-state index in [2.05, 4.69) is 80.6 Å². The Balaban J connectivity index is 1.67. The lowest BCUT2D eigenvalue weighted by Crippen LogP contribution is -2.20. The van der Waals surface area contributed by atoms with Gasteiger partial charge in [0, 0.05) is 41.2 Å². The third kappa shape index (κ3) is 3.53. The van der Waals surface area contributed by atoms with Crippen LogP contribution in [0.2, 0.25) is 0 Å². The maximum absolute atomic E-state index is 4.29. The predicted octanol–water partition coefficient (Wildman–Crippen LogP) is 3.74. The molecule has 2 aromatic rings. The number of likely N-dealkylation sites (N-methyl/N-ethyl adjacent to an activating group) is 1. The molecule has 1 aliphatic rings. The van der Waals surface area contributed by atoms with Gasteiger partial charge in [-0.3, -0.25) is 0 Å². The van der Waals surface area contributed by atoms with E-state index in [4.69, 9.17) is 0 Å². The molecule has 22 heavy (non-hydrogen) atoms. The molecule has 1 aliphatic carbocycles. The van der Waals surface area contributed by atoms with Crippen molar-refractivity contribution in [2.45, 2.75) is 6.42 Å². The first-order chi connectivity index (χ1) is 10.8. The van der Waals surface area contributed by atoms with Crippen LogP contribution in [-0.2, 0) is 0 Å². The van der Waals surface area contributed by atoms with Gasteiger partial charge in [-0.25, -0.2) is 4.98 Å². The van der Waals surface area contributed by atoms with Gasteiger partial charge in [-0.2, -0.15) is 0 Å². The standard InChI is InChI=1S/C18H18IN3/c1-22(12-10-19)17-8-5-14(6-9-17)4-7-16-13-15-3-2-11-20-18(15)21-16/h2-3,5,8-9,11,13-14H,6,10,12H2,1H3,(H,20,21). The Kier molecular flexibility index (Phi) is 4.84. The number of hydrogen-bond donors (Lipinski definition) is 1. The second-order valence-corrected chi connectivity index (χ2v) is 6.41. The van der Waals surface area contributed by atoms with E-state index in [1.807, 2.05) is 12.1 Å². The van der Waals surface area contributed by atoms with Crippen LogP contribution in [0.25, 0.3) is 11.0 Å². The number of halogens is 1. The van der Waals surface area contributed by atoms with Gasteiger partial charge in [-0.05, 0) is 36.6 Å². The second-order valence-electron chi connectivity index (χ2n) is 5.33. The number of H-pyrrole nitrogens is 1. The molecule has 0 amide bonds. The summed E-state index contributed by atoms with van der Waals surface area (Å²) in [7, 11) is 2.14. The molecule has 3 rings (SSSR count). The highest BCUT2D eigenvalue weighted by atomic mass is 127. The SMILES string of the molecule is CN(CCI)C1=CCC(C#Cc2cc3cccnc3[nH]2)C=C1. The zero-order valence-corrected chi connectivity index (χ0v) is 14.7. The minimum atomic E-state index is 0.288. The molecule has 0 spiro atoms. The molecule has 0 fully saturated rings. The number of rotatable bonds is 3. The largest absolute Gasteiger partial charge is 0.374 e. The van der Waals surface area contributed by atoms with Crippen molar-refractivity contribution in [1.29, 1.82) is 0 Å². The van der Waals surface area contributed by atoms with Crippen molar-refractivity contribution in [2.24, 2.45) is 5.92 Å². The zero-order chi connectivity index (χ0) is 15.4. The number of pyridine rings is 1. The number of aromatic nitrogens is 2. The molecule has 0 aromatic carbocycles. The second kappa shape index (κ2) is 7.01. The number of hydrogen-bond acceptors (Lipinski definition) is 2. The highest BCUT2D eigenvalue weighted by molar-refractivity contribution is 14.1. The summed E-state index contributed by atoms with van der Waals surface area (Å²) in [6, 6.07) is 6.04. The molecule has 0 saturated heterocycles. The van der Waals surface area contributed by atoms with Crippen LogP contribution in [0.4, 0.5) is 0 Å². The molecule has 2 aromatic heterocycles. The summed E-state index contributed by atoms with van der Waals surface area (Å²) in [5, 5.41) is 1.11. The monoisotopic (exact) mass is 403 g/mol. The van der Waals surface area contributed by atoms with Crippen LogP contribution in [0, 0.1) is 17.8 Å². The molecule has 1 unspecified atom stereocenters. The van der Waals surface area contributed by atoms with E-state index in [1.165, 1.54) is 5.70 Å². The number of alkyl halides is 1. The number of nitrogens with one attached hydrogen (secondary N) is 1. The number of aromatic amines is 1. The topological polar surface area (TPSA) is 31.9 Å². The molecular formula is C18H18IN3. The molecule has 1 N–H and O–H groups in total. The summed E-state index contributed by atoms with van der Waals surface area (Å²) in [5.74, 6) is 6.85. The van der Waals surface area contributed by atoms with Crippen LogP contribution in [0.1, 0.15) is 12.1 Å². The van der Waals surface area contributed by atoms with Crippen molar-refractivity contribution in [3.8, 4) is 11.8 Å². The van der Waals surface area contributed by atoms with Crippen molar-refractivity contribution in [2.75, 3.05) is 18.0 Å². The zero-order valence-electron chi connectivity index (χ0n) is 12.5. The lowest BCUT2D eigenvalue weighted by Gasteiger charge is -2.22. The van der Waals surface area contributed by atoms with Gasteiger partial charge < -0.3 is 9.88 Å². The van der Waals surface area contributed by atoms with Crippen molar-refractivity contribution in [3.63, 3.8) is 0 Å². The molecular weight excluding hydrogens is 385 g/mol. The molecule has 112 valence electrons. The van der Waals surface area contributed by atoms with Gasteiger partial charge in [-0.1, -0.05) is 40.7 Å². The Hall–Kier alpha value is -1.74. The minimum Gasteiger partial charge on any atom is -0.374 e. The molecule has 0 bridgehead atoms. The fraction of sp³-hybridized carbons (Fsp3) is 0.278. The Morgan fingerprint density at radius 2 is 2.41 bits per heavy atom. The van der Waals surface area contributed by atoms with Crippen LogP contribution < -0.4 is 0 Å². The highest BCUT2D eigenvalue weighted by Gasteiger charge is 2.08. The van der Waals surface area contributed by atoms with E-state index in [1.54, 1.807) is 6.20 Å². The van der Waals surface area contributed by atoms with Gasteiger partial charge >= 0.3 is 0 Å². The fourth-order valence-electron chi connectivity index (χ4n) is 2.45. The van der Waals surface area contributed by atoms with E-state index in [0.717, 1.165) is 34.1 Å². The van der Waals surface area contributed by atoms with Gasteiger partial charge in [0.15, 0.2) is 0 Å². The quantitative estimate of drug-likeness (QED) is 0.481. The van der Waals surface area contributed by atoms with Crippen LogP contribution in [-0.4, -0.2) is 32.9 Å².